The third kappa shape index (κ3) is 4.74. The molecular weight excluding hydrogens is 438 g/mol. The SMILES string of the molecule is Cc1cc(-c2nncc3c(C(C)(C)C)c(OCc4ccc(C(=O)N[C@H](C)CO)cn4)nn23)no1. The van der Waals surface area contributed by atoms with E-state index >= 15 is 0 Å². The van der Waals surface area contributed by atoms with Crippen LogP contribution in [0.5, 0.6) is 5.88 Å². The van der Waals surface area contributed by atoms with Crippen molar-refractivity contribution in [3.8, 4) is 17.4 Å². The van der Waals surface area contributed by atoms with Crippen molar-refractivity contribution < 1.29 is 19.2 Å². The molecule has 0 radical (unpaired) electrons. The van der Waals surface area contributed by atoms with Gasteiger partial charge in [0.2, 0.25) is 11.7 Å². The summed E-state index contributed by atoms with van der Waals surface area (Å²) in [6, 6.07) is 4.82. The smallest absolute Gasteiger partial charge is 0.253 e. The number of rotatable bonds is 7. The molecule has 0 unspecified atom stereocenters. The molecule has 1 atom stereocenters. The lowest BCUT2D eigenvalue weighted by Gasteiger charge is -2.18. The fourth-order valence-corrected chi connectivity index (χ4v) is 3.45. The third-order valence-corrected chi connectivity index (χ3v) is 5.12. The van der Waals surface area contributed by atoms with Gasteiger partial charge in [0, 0.05) is 23.9 Å². The lowest BCUT2D eigenvalue weighted by molar-refractivity contribution is 0.0922. The van der Waals surface area contributed by atoms with Crippen LogP contribution in [0.4, 0.5) is 0 Å². The fraction of sp³-hybridized carbons (Fsp3) is 0.391. The van der Waals surface area contributed by atoms with E-state index in [0.29, 0.717) is 34.4 Å². The van der Waals surface area contributed by atoms with Crippen molar-refractivity contribution >= 4 is 11.4 Å². The molecule has 4 rings (SSSR count). The molecule has 4 heterocycles. The standard InChI is InChI=1S/C23H27N7O4/c1-13(11-31)26-21(32)15-6-7-16(24-9-15)12-33-22-19(23(3,4)5)18-10-25-27-20(30(18)28-22)17-8-14(2)34-29-17/h6-10,13,31H,11-12H2,1-5H3,(H,26,32)/t13-/m1/s1. The topological polar surface area (TPSA) is 141 Å². The highest BCUT2D eigenvalue weighted by Gasteiger charge is 2.28. The second-order valence-electron chi connectivity index (χ2n) is 9.10. The van der Waals surface area contributed by atoms with Crippen LogP contribution < -0.4 is 10.1 Å². The zero-order chi connectivity index (χ0) is 24.5. The molecule has 2 N–H and O–H groups in total. The zero-order valence-electron chi connectivity index (χ0n) is 19.7. The van der Waals surface area contributed by atoms with Gasteiger partial charge in [0.1, 0.15) is 12.4 Å². The molecule has 0 aliphatic carbocycles. The van der Waals surface area contributed by atoms with E-state index in [2.05, 4.69) is 51.5 Å². The van der Waals surface area contributed by atoms with Crippen molar-refractivity contribution in [3.63, 3.8) is 0 Å². The van der Waals surface area contributed by atoms with E-state index in [1.165, 1.54) is 6.20 Å². The summed E-state index contributed by atoms with van der Waals surface area (Å²) >= 11 is 0. The van der Waals surface area contributed by atoms with Gasteiger partial charge in [0.25, 0.3) is 5.91 Å². The maximum atomic E-state index is 12.2. The summed E-state index contributed by atoms with van der Waals surface area (Å²) < 4.78 is 12.9. The second-order valence-corrected chi connectivity index (χ2v) is 9.10. The Morgan fingerprint density at radius 2 is 2.09 bits per heavy atom. The number of amides is 1. The highest BCUT2D eigenvalue weighted by molar-refractivity contribution is 5.94. The quantitative estimate of drug-likeness (QED) is 0.421. The van der Waals surface area contributed by atoms with Gasteiger partial charge in [-0.2, -0.15) is 5.10 Å². The Morgan fingerprint density at radius 1 is 1.29 bits per heavy atom. The number of aliphatic hydroxyl groups excluding tert-OH is 1. The number of nitrogens with one attached hydrogen (secondary N) is 1. The molecule has 0 aromatic carbocycles. The first-order chi connectivity index (χ1) is 16.2. The Kier molecular flexibility index (Phi) is 6.29. The molecule has 4 aromatic rings. The lowest BCUT2D eigenvalue weighted by atomic mass is 9.88. The van der Waals surface area contributed by atoms with E-state index in [0.717, 1.165) is 11.1 Å². The number of aryl methyl sites for hydroxylation is 1. The number of aromatic nitrogens is 6. The molecule has 0 saturated carbocycles. The molecule has 0 aliphatic heterocycles. The molecule has 0 fully saturated rings. The summed E-state index contributed by atoms with van der Waals surface area (Å²) in [6.45, 7) is 9.74. The monoisotopic (exact) mass is 465 g/mol. The number of carbonyl (C=O) groups excluding carboxylic acids is 1. The largest absolute Gasteiger partial charge is 0.470 e. The second kappa shape index (κ2) is 9.18. The molecule has 0 spiro atoms. The minimum absolute atomic E-state index is 0.136. The molecule has 0 saturated heterocycles. The van der Waals surface area contributed by atoms with Crippen LogP contribution in [0.2, 0.25) is 0 Å². The van der Waals surface area contributed by atoms with Crippen LogP contribution in [0.15, 0.2) is 35.1 Å². The first-order valence-electron chi connectivity index (χ1n) is 10.9. The summed E-state index contributed by atoms with van der Waals surface area (Å²) in [4.78, 5) is 16.5. The van der Waals surface area contributed by atoms with E-state index in [1.807, 2.05) is 0 Å². The summed E-state index contributed by atoms with van der Waals surface area (Å²) in [7, 11) is 0. The Balaban J connectivity index is 1.61. The Morgan fingerprint density at radius 3 is 2.71 bits per heavy atom. The molecule has 178 valence electrons. The van der Waals surface area contributed by atoms with Gasteiger partial charge in [0.05, 0.1) is 29.6 Å². The van der Waals surface area contributed by atoms with E-state index < -0.39 is 0 Å². The van der Waals surface area contributed by atoms with Gasteiger partial charge in [-0.1, -0.05) is 25.9 Å². The van der Waals surface area contributed by atoms with Crippen LogP contribution in [0.1, 0.15) is 55.1 Å². The van der Waals surface area contributed by atoms with Crippen LogP contribution in [-0.2, 0) is 12.0 Å². The van der Waals surface area contributed by atoms with Crippen molar-refractivity contribution in [2.75, 3.05) is 6.61 Å². The minimum Gasteiger partial charge on any atom is -0.470 e. The van der Waals surface area contributed by atoms with Crippen LogP contribution in [0, 0.1) is 6.92 Å². The maximum Gasteiger partial charge on any atom is 0.253 e. The molecule has 11 heteroatoms. The molecule has 34 heavy (non-hydrogen) atoms. The summed E-state index contributed by atoms with van der Waals surface area (Å²) in [6.07, 6.45) is 3.13. The zero-order valence-corrected chi connectivity index (χ0v) is 19.7. The number of hydrogen-bond acceptors (Lipinski definition) is 9. The van der Waals surface area contributed by atoms with E-state index in [9.17, 15) is 4.79 Å². The predicted molar refractivity (Wildman–Crippen MR) is 122 cm³/mol. The summed E-state index contributed by atoms with van der Waals surface area (Å²) in [5, 5.41) is 28.8. The van der Waals surface area contributed by atoms with Crippen molar-refractivity contribution in [3.05, 3.63) is 53.2 Å². The maximum absolute atomic E-state index is 12.2. The number of aliphatic hydroxyl groups is 1. The number of fused-ring (bicyclic) bond motifs is 1. The number of carbonyl (C=O) groups is 1. The number of nitrogens with zero attached hydrogens (tertiary/aromatic N) is 6. The Bertz CT molecular complexity index is 1310. The minimum atomic E-state index is -0.337. The van der Waals surface area contributed by atoms with E-state index in [4.69, 9.17) is 14.4 Å². The van der Waals surface area contributed by atoms with Crippen molar-refractivity contribution in [2.45, 2.75) is 52.7 Å². The first-order valence-corrected chi connectivity index (χ1v) is 10.9. The molecule has 1 amide bonds. The van der Waals surface area contributed by atoms with Crippen LogP contribution in [0.25, 0.3) is 17.0 Å². The van der Waals surface area contributed by atoms with Crippen molar-refractivity contribution in [1.29, 1.82) is 0 Å². The van der Waals surface area contributed by atoms with Crippen LogP contribution in [-0.4, -0.2) is 53.6 Å². The predicted octanol–water partition coefficient (Wildman–Crippen LogP) is 2.47. The Labute approximate surface area is 196 Å². The summed E-state index contributed by atoms with van der Waals surface area (Å²) in [5.74, 6) is 1.24. The molecule has 0 bridgehead atoms. The first kappa shape index (κ1) is 23.3. The number of ether oxygens (including phenoxy) is 1. The van der Waals surface area contributed by atoms with Gasteiger partial charge in [-0.05, 0) is 31.4 Å². The summed E-state index contributed by atoms with van der Waals surface area (Å²) in [5.41, 5.74) is 2.89. The molecule has 11 nitrogen and oxygen atoms in total. The van der Waals surface area contributed by atoms with Gasteiger partial charge in [-0.3, -0.25) is 9.78 Å². The highest BCUT2D eigenvalue weighted by atomic mass is 16.5. The van der Waals surface area contributed by atoms with Gasteiger partial charge < -0.3 is 19.7 Å². The average molecular weight is 466 g/mol. The number of hydrogen-bond donors (Lipinski definition) is 2. The third-order valence-electron chi connectivity index (χ3n) is 5.12. The van der Waals surface area contributed by atoms with Crippen LogP contribution in [0.3, 0.4) is 0 Å². The molecule has 0 aliphatic rings. The van der Waals surface area contributed by atoms with Gasteiger partial charge in [-0.15, -0.1) is 10.2 Å². The van der Waals surface area contributed by atoms with Gasteiger partial charge >= 0.3 is 0 Å². The van der Waals surface area contributed by atoms with E-state index in [1.54, 1.807) is 42.8 Å². The molecular formula is C23H27N7O4. The van der Waals surface area contributed by atoms with Gasteiger partial charge in [-0.25, -0.2) is 4.52 Å². The highest BCUT2D eigenvalue weighted by Crippen LogP contribution is 2.35. The molecule has 4 aromatic heterocycles. The van der Waals surface area contributed by atoms with Crippen LogP contribution >= 0.6 is 0 Å². The van der Waals surface area contributed by atoms with Gasteiger partial charge in [0.15, 0.2) is 5.69 Å². The van der Waals surface area contributed by atoms with Crippen molar-refractivity contribution in [2.24, 2.45) is 0 Å². The Hall–Kier alpha value is -3.86. The number of pyridine rings is 1. The lowest BCUT2D eigenvalue weighted by Crippen LogP contribution is -2.35. The van der Waals surface area contributed by atoms with E-state index in [-0.39, 0.29) is 30.6 Å². The normalized spacial score (nSPS) is 12.6. The van der Waals surface area contributed by atoms with Crippen molar-refractivity contribution in [1.82, 2.24) is 35.3 Å². The average Bonchev–Trinajstić information content (AvgIpc) is 3.40. The fourth-order valence-electron chi connectivity index (χ4n) is 3.45.